The first kappa shape index (κ1) is 22.7. The number of rotatable bonds is 6. The van der Waals surface area contributed by atoms with Gasteiger partial charge in [-0.2, -0.15) is 0 Å². The summed E-state index contributed by atoms with van der Waals surface area (Å²) in [5.74, 6) is 9.25. The second-order valence-corrected chi connectivity index (χ2v) is 10.3. The fourth-order valence-electron chi connectivity index (χ4n) is 6.99. The molecule has 1 aromatic rings. The molecule has 3 aliphatic rings. The zero-order chi connectivity index (χ0) is 21.4. The third-order valence-electron chi connectivity index (χ3n) is 8.45. The van der Waals surface area contributed by atoms with Crippen LogP contribution in [0, 0.1) is 23.7 Å². The van der Waals surface area contributed by atoms with Crippen molar-refractivity contribution in [3.8, 4) is 11.8 Å². The number of nitrogens with zero attached hydrogens (tertiary/aromatic N) is 1. The molecule has 0 atom stereocenters. The maximum atomic E-state index is 4.23. The van der Waals surface area contributed by atoms with E-state index in [4.69, 9.17) is 0 Å². The molecular formula is C30H43N. The lowest BCUT2D eigenvalue weighted by atomic mass is 9.62. The van der Waals surface area contributed by atoms with Crippen LogP contribution in [-0.4, -0.2) is 23.0 Å². The van der Waals surface area contributed by atoms with E-state index in [2.05, 4.69) is 59.7 Å². The molecule has 0 aliphatic heterocycles. The van der Waals surface area contributed by atoms with E-state index in [1.807, 2.05) is 0 Å². The summed E-state index contributed by atoms with van der Waals surface area (Å²) < 4.78 is 0. The summed E-state index contributed by atoms with van der Waals surface area (Å²) in [5, 5.41) is 0. The van der Waals surface area contributed by atoms with Gasteiger partial charge in [0.05, 0.1) is 5.54 Å². The van der Waals surface area contributed by atoms with Gasteiger partial charge in [0.15, 0.2) is 0 Å². The molecule has 0 saturated heterocycles. The predicted molar refractivity (Wildman–Crippen MR) is 133 cm³/mol. The Morgan fingerprint density at radius 3 is 1.81 bits per heavy atom. The Morgan fingerprint density at radius 1 is 0.774 bits per heavy atom. The first-order valence-electron chi connectivity index (χ1n) is 13.3. The topological polar surface area (TPSA) is 3.24 Å². The smallest absolute Gasteiger partial charge is 0.0891 e. The zero-order valence-electron chi connectivity index (χ0n) is 19.7. The monoisotopic (exact) mass is 417 g/mol. The number of hydrogen-bond donors (Lipinski definition) is 0. The van der Waals surface area contributed by atoms with Crippen LogP contribution in [0.4, 0.5) is 0 Å². The van der Waals surface area contributed by atoms with Gasteiger partial charge in [-0.05, 0) is 62.5 Å². The van der Waals surface area contributed by atoms with Gasteiger partial charge in [-0.3, -0.25) is 4.90 Å². The van der Waals surface area contributed by atoms with Crippen molar-refractivity contribution in [1.29, 1.82) is 0 Å². The first-order valence-corrected chi connectivity index (χ1v) is 13.3. The molecule has 0 amide bonds. The van der Waals surface area contributed by atoms with Gasteiger partial charge in [-0.1, -0.05) is 93.9 Å². The molecular weight excluding hydrogens is 374 g/mol. The molecule has 1 aromatic carbocycles. The Hall–Kier alpha value is -1.52. The van der Waals surface area contributed by atoms with Gasteiger partial charge in [-0.25, -0.2) is 0 Å². The maximum Gasteiger partial charge on any atom is 0.0891 e. The summed E-state index contributed by atoms with van der Waals surface area (Å²) in [5.41, 5.74) is 1.20. The summed E-state index contributed by atoms with van der Waals surface area (Å²) >= 11 is 0. The quantitative estimate of drug-likeness (QED) is 0.338. The van der Waals surface area contributed by atoms with Crippen molar-refractivity contribution in [3.63, 3.8) is 0 Å². The lowest BCUT2D eigenvalue weighted by Crippen LogP contribution is -2.62. The lowest BCUT2D eigenvalue weighted by Gasteiger charge is -2.55. The normalized spacial score (nSPS) is 22.1. The van der Waals surface area contributed by atoms with Crippen LogP contribution < -0.4 is 0 Å². The van der Waals surface area contributed by atoms with Gasteiger partial charge in [0, 0.05) is 18.2 Å². The summed E-state index contributed by atoms with van der Waals surface area (Å²) in [7, 11) is 0. The third kappa shape index (κ3) is 5.28. The van der Waals surface area contributed by atoms with Crippen LogP contribution in [0.25, 0.3) is 0 Å². The predicted octanol–water partition coefficient (Wildman–Crippen LogP) is 7.76. The molecule has 4 rings (SSSR count). The van der Waals surface area contributed by atoms with Gasteiger partial charge in [0.2, 0.25) is 0 Å². The SMILES string of the molecule is C=CCN(C1CCCCC1)C(C#Cc1ccccc1)(C1CCCCC1)C1CCCCC1. The van der Waals surface area contributed by atoms with E-state index < -0.39 is 0 Å². The van der Waals surface area contributed by atoms with Crippen LogP contribution in [0.3, 0.4) is 0 Å². The molecule has 0 N–H and O–H groups in total. The third-order valence-corrected chi connectivity index (χ3v) is 8.45. The van der Waals surface area contributed by atoms with Crippen molar-refractivity contribution in [2.45, 2.75) is 108 Å². The Kier molecular flexibility index (Phi) is 8.32. The van der Waals surface area contributed by atoms with Crippen molar-refractivity contribution in [1.82, 2.24) is 4.90 Å². The molecule has 0 spiro atoms. The van der Waals surface area contributed by atoms with Gasteiger partial charge < -0.3 is 0 Å². The molecule has 1 nitrogen and oxygen atoms in total. The standard InChI is InChI=1S/C30H43N/c1-2-25-31(29-21-13-6-14-22-29)30(27-17-9-4-10-18-27,28-19-11-5-12-20-28)24-23-26-15-7-3-8-16-26/h2-3,7-8,15-16,27-29H,1,4-6,9-14,17-22,25H2. The van der Waals surface area contributed by atoms with Crippen molar-refractivity contribution in [2.75, 3.05) is 6.54 Å². The van der Waals surface area contributed by atoms with Crippen LogP contribution in [0.5, 0.6) is 0 Å². The van der Waals surface area contributed by atoms with Crippen LogP contribution in [0.15, 0.2) is 43.0 Å². The van der Waals surface area contributed by atoms with E-state index in [1.165, 1.54) is 102 Å². The first-order chi connectivity index (χ1) is 15.3. The molecule has 3 aliphatic carbocycles. The van der Waals surface area contributed by atoms with Crippen molar-refractivity contribution < 1.29 is 0 Å². The molecule has 31 heavy (non-hydrogen) atoms. The lowest BCUT2D eigenvalue weighted by molar-refractivity contribution is -0.0300. The van der Waals surface area contributed by atoms with Gasteiger partial charge in [0.1, 0.15) is 0 Å². The highest BCUT2D eigenvalue weighted by molar-refractivity contribution is 5.38. The summed E-state index contributed by atoms with van der Waals surface area (Å²) in [6, 6.07) is 11.4. The zero-order valence-corrected chi connectivity index (χ0v) is 19.7. The fraction of sp³-hybridized carbons (Fsp3) is 0.667. The molecule has 3 saturated carbocycles. The number of hydrogen-bond acceptors (Lipinski definition) is 1. The average Bonchev–Trinajstić information content (AvgIpc) is 2.86. The van der Waals surface area contributed by atoms with Gasteiger partial charge in [0.25, 0.3) is 0 Å². The Balaban J connectivity index is 1.81. The minimum Gasteiger partial charge on any atom is -0.280 e. The van der Waals surface area contributed by atoms with Crippen molar-refractivity contribution in [2.24, 2.45) is 11.8 Å². The Bertz CT molecular complexity index is 703. The highest BCUT2D eigenvalue weighted by atomic mass is 15.2. The van der Waals surface area contributed by atoms with Crippen LogP contribution in [-0.2, 0) is 0 Å². The second-order valence-electron chi connectivity index (χ2n) is 10.3. The van der Waals surface area contributed by atoms with Gasteiger partial charge in [-0.15, -0.1) is 6.58 Å². The minimum atomic E-state index is 0.0207. The highest BCUT2D eigenvalue weighted by Gasteiger charge is 2.50. The van der Waals surface area contributed by atoms with Crippen LogP contribution >= 0.6 is 0 Å². The van der Waals surface area contributed by atoms with Crippen LogP contribution in [0.1, 0.15) is 102 Å². The summed E-state index contributed by atoms with van der Waals surface area (Å²) in [6.07, 6.45) is 22.9. The molecule has 0 unspecified atom stereocenters. The highest BCUT2D eigenvalue weighted by Crippen LogP contribution is 2.48. The summed E-state index contributed by atoms with van der Waals surface area (Å²) in [6.45, 7) is 5.23. The average molecular weight is 418 g/mol. The van der Waals surface area contributed by atoms with E-state index in [-0.39, 0.29) is 5.54 Å². The van der Waals surface area contributed by atoms with Gasteiger partial charge >= 0.3 is 0 Å². The molecule has 1 heteroatoms. The van der Waals surface area contributed by atoms with E-state index in [0.717, 1.165) is 6.54 Å². The molecule has 0 aromatic heterocycles. The largest absolute Gasteiger partial charge is 0.280 e. The van der Waals surface area contributed by atoms with E-state index in [9.17, 15) is 0 Å². The van der Waals surface area contributed by atoms with Crippen LogP contribution in [0.2, 0.25) is 0 Å². The van der Waals surface area contributed by atoms with Crippen molar-refractivity contribution in [3.05, 3.63) is 48.6 Å². The van der Waals surface area contributed by atoms with Crippen molar-refractivity contribution >= 4 is 0 Å². The molecule has 3 fully saturated rings. The molecule has 0 heterocycles. The Labute approximate surface area is 191 Å². The molecule has 168 valence electrons. The van der Waals surface area contributed by atoms with E-state index in [1.54, 1.807) is 0 Å². The molecule has 0 bridgehead atoms. The maximum absolute atomic E-state index is 4.23. The number of benzene rings is 1. The molecule has 0 radical (unpaired) electrons. The van der Waals surface area contributed by atoms with E-state index >= 15 is 0 Å². The van der Waals surface area contributed by atoms with E-state index in [0.29, 0.717) is 17.9 Å². The minimum absolute atomic E-state index is 0.0207. The fourth-order valence-corrected chi connectivity index (χ4v) is 6.99. The second kappa shape index (κ2) is 11.4. The summed E-state index contributed by atoms with van der Waals surface area (Å²) in [4.78, 5) is 2.92. The Morgan fingerprint density at radius 2 is 1.29 bits per heavy atom.